The summed E-state index contributed by atoms with van der Waals surface area (Å²) in [5.74, 6) is 2.89. The summed E-state index contributed by atoms with van der Waals surface area (Å²) < 4.78 is 18.6. The van der Waals surface area contributed by atoms with Gasteiger partial charge in [-0.2, -0.15) is 0 Å². The van der Waals surface area contributed by atoms with Crippen LogP contribution in [0, 0.1) is 47.3 Å². The molecule has 8 heterocycles. The first-order valence-corrected chi connectivity index (χ1v) is 34.2. The Bertz CT molecular complexity index is 2910. The average molecular weight is 1440 g/mol. The van der Waals surface area contributed by atoms with Crippen LogP contribution in [-0.4, -0.2) is 145 Å². The molecule has 549 valence electrons. The first-order chi connectivity index (χ1) is 44.9. The molecular formula is C73H117BBrFN9O13. The molecule has 4 fully saturated rings. The molecule has 6 aliphatic heterocycles. The normalized spacial score (nSPS) is 20.0. The molecule has 0 aliphatic carbocycles. The van der Waals surface area contributed by atoms with Gasteiger partial charge in [-0.3, -0.25) is 67.9 Å². The van der Waals surface area contributed by atoms with E-state index in [1.807, 2.05) is 64.4 Å². The van der Waals surface area contributed by atoms with E-state index in [0.717, 1.165) is 99.1 Å². The van der Waals surface area contributed by atoms with E-state index in [2.05, 4.69) is 104 Å². The number of likely N-dealkylation sites (tertiary alicyclic amines) is 1. The van der Waals surface area contributed by atoms with Crippen molar-refractivity contribution >= 4 is 89.4 Å². The summed E-state index contributed by atoms with van der Waals surface area (Å²) in [6.45, 7) is 26.9. The summed E-state index contributed by atoms with van der Waals surface area (Å²) in [5, 5.41) is 16.5. The molecule has 6 aliphatic rings. The molecule has 0 saturated carbocycles. The van der Waals surface area contributed by atoms with Crippen LogP contribution in [0.2, 0.25) is 0 Å². The number of aromatic nitrogens is 2. The number of aliphatic imine (C=N–C) groups is 2. The predicted octanol–water partition coefficient (Wildman–Crippen LogP) is 14.9. The van der Waals surface area contributed by atoms with E-state index in [1.165, 1.54) is 35.1 Å². The van der Waals surface area contributed by atoms with Crippen LogP contribution >= 0.6 is 15.9 Å². The summed E-state index contributed by atoms with van der Waals surface area (Å²) >= 11 is 3.33. The number of phenolic OH excluding ortho intramolecular Hbond substituents is 1. The minimum atomic E-state index is -0.390. The summed E-state index contributed by atoms with van der Waals surface area (Å²) in [6.07, 6.45) is 21.3. The van der Waals surface area contributed by atoms with Crippen LogP contribution < -0.4 is 5.32 Å². The number of amides is 3. The number of carbonyl (C=O) groups is 8. The van der Waals surface area contributed by atoms with Crippen molar-refractivity contribution in [3.05, 3.63) is 106 Å². The lowest BCUT2D eigenvalue weighted by Crippen LogP contribution is -2.41. The lowest BCUT2D eigenvalue weighted by molar-refractivity contribution is -0.165. The van der Waals surface area contributed by atoms with Gasteiger partial charge in [0.1, 0.15) is 5.75 Å². The fourth-order valence-electron chi connectivity index (χ4n) is 9.89. The first-order valence-electron chi connectivity index (χ1n) is 33.1. The second-order valence-electron chi connectivity index (χ2n) is 24.8. The zero-order valence-corrected chi connectivity index (χ0v) is 60.0. The van der Waals surface area contributed by atoms with E-state index in [4.69, 9.17) is 24.7 Å². The Morgan fingerprint density at radius 2 is 1.29 bits per heavy atom. The van der Waals surface area contributed by atoms with Gasteiger partial charge in [0.05, 0.1) is 25.5 Å². The molecule has 3 radical (unpaired) electrons. The number of rotatable bonds is 14. The Morgan fingerprint density at radius 3 is 1.74 bits per heavy atom. The number of imide groups is 1. The third-order valence-electron chi connectivity index (χ3n) is 15.5. The fourth-order valence-corrected chi connectivity index (χ4v) is 10.7. The van der Waals surface area contributed by atoms with Crippen molar-refractivity contribution in [2.45, 2.75) is 187 Å². The third kappa shape index (κ3) is 42.9. The highest BCUT2D eigenvalue weighted by Crippen LogP contribution is 2.28. The highest BCUT2D eigenvalue weighted by molar-refractivity contribution is 9.09. The third-order valence-corrected chi connectivity index (χ3v) is 15.9. The standard InChI is InChI=1S/C18H18N2O.C11H14N2.C8H15BrO2.C8H15N3O2.C8H13NO2.C6H11NO.C6H8O3.C6H10O2.2CH4.B.FH.2H2/c1-13-8-10-20-18(15-3-2-9-19-12-15)17(13)11-14-4-6-16(21)7-5-14;1-9-4-6-13-11(7-9)10-3-2-5-12-8-10;1-3-11-8(10)6-7(2)4-5-9;1-3-13-8(12)6-7(2)4-5-10-11-9;1-6-3-4-9(7(2)10)8(11)5-6;1-5-2-3-7-6(8)4-5;1-4-2-5(7)9-6(8)3-4;1-5-2-3-8-6(7)4-5;;;;;;/h2-7,9,11-13,21H,8,10H2,1H3;2-3,5,8-9H,4,6-7H2,1H3;7H,3-6H2,1-2H3;7H,3-6H2,1-2H3;6H,3-5H2,1-2H3;5H,2-4H2,1H3,(H,7,8);4H,2-3H2,1H3;5H,2-4H2,1H3;2*1H4;;3*1H/b17-11+;;;;;;;;;;;;;/i;;;;;;;;;;;;1+1;. The van der Waals surface area contributed by atoms with Crippen LogP contribution in [0.5, 0.6) is 5.75 Å². The zero-order valence-electron chi connectivity index (χ0n) is 58.4. The number of halogens is 2. The number of alkyl halides is 1. The minimum Gasteiger partial charge on any atom is -0.508 e. The van der Waals surface area contributed by atoms with E-state index >= 15 is 0 Å². The lowest BCUT2D eigenvalue weighted by atomic mass is 9.87. The monoisotopic (exact) mass is 1440 g/mol. The molecule has 98 heavy (non-hydrogen) atoms. The van der Waals surface area contributed by atoms with Crippen LogP contribution in [0.15, 0.2) is 94.0 Å². The summed E-state index contributed by atoms with van der Waals surface area (Å²) in [7, 11) is 0. The predicted molar refractivity (Wildman–Crippen MR) is 394 cm³/mol. The number of esters is 5. The van der Waals surface area contributed by atoms with E-state index in [1.54, 1.807) is 31.5 Å². The second kappa shape index (κ2) is 55.2. The highest BCUT2D eigenvalue weighted by Gasteiger charge is 2.26. The lowest BCUT2D eigenvalue weighted by Gasteiger charge is -2.27. The maximum Gasteiger partial charge on any atom is 0.313 e. The van der Waals surface area contributed by atoms with Gasteiger partial charge in [-0.25, -0.2) is 0 Å². The molecule has 0 bridgehead atoms. The van der Waals surface area contributed by atoms with Gasteiger partial charge in [0, 0.05) is 148 Å². The van der Waals surface area contributed by atoms with E-state index in [-0.39, 0.29) is 84.0 Å². The number of benzene rings is 1. The van der Waals surface area contributed by atoms with Crippen molar-refractivity contribution < 1.29 is 70.0 Å². The number of hydrogen-bond acceptors (Lipinski definition) is 18. The quantitative estimate of drug-likeness (QED) is 0.0221. The first kappa shape index (κ1) is 94.5. The van der Waals surface area contributed by atoms with E-state index in [9.17, 15) is 43.5 Å². The van der Waals surface area contributed by atoms with Gasteiger partial charge in [0.15, 0.2) is 0 Å². The van der Waals surface area contributed by atoms with Crippen molar-refractivity contribution in [1.82, 2.24) is 20.2 Å². The fraction of sp³-hybridized carbons (Fsp3) is 0.616. The van der Waals surface area contributed by atoms with E-state index in [0.29, 0.717) is 101 Å². The Kier molecular flexibility index (Phi) is 53.3. The van der Waals surface area contributed by atoms with Crippen LogP contribution in [-0.2, 0) is 57.3 Å². The van der Waals surface area contributed by atoms with Gasteiger partial charge in [0.2, 0.25) is 17.7 Å². The summed E-state index contributed by atoms with van der Waals surface area (Å²) in [5.41, 5.74) is 14.8. The number of piperidine rings is 2. The number of ether oxygens (including phenoxy) is 4. The number of hydrogen-bond donors (Lipinski definition) is 2. The molecule has 3 aromatic rings. The molecule has 2 N–H and O–H groups in total. The van der Waals surface area contributed by atoms with Crippen LogP contribution in [0.4, 0.5) is 4.70 Å². The topological polar surface area (TPSA) is 308 Å². The Balaban J connectivity index is -0.000000348. The summed E-state index contributed by atoms with van der Waals surface area (Å²) in [6, 6.07) is 15.3. The van der Waals surface area contributed by atoms with Crippen LogP contribution in [0.25, 0.3) is 16.5 Å². The van der Waals surface area contributed by atoms with Gasteiger partial charge >= 0.3 is 29.8 Å². The molecule has 2 aromatic heterocycles. The molecule has 7 unspecified atom stereocenters. The number of cyclic esters (lactones) is 3. The molecular weight excluding hydrogens is 1320 g/mol. The maximum atomic E-state index is 11.2. The molecule has 0 spiro atoms. The minimum absolute atomic E-state index is 0. The number of nitrogens with zero attached hydrogens (tertiary/aromatic N) is 8. The van der Waals surface area contributed by atoms with Gasteiger partial charge in [-0.05, 0) is 166 Å². The number of aromatic hydroxyl groups is 1. The molecule has 25 heteroatoms. The number of phenols is 1. The summed E-state index contributed by atoms with van der Waals surface area (Å²) in [4.78, 5) is 107. The number of carbonyl (C=O) groups excluding carboxylic acids is 8. The maximum absolute atomic E-state index is 11.2. The highest BCUT2D eigenvalue weighted by atomic mass is 79.9. The Morgan fingerprint density at radius 1 is 0.745 bits per heavy atom. The van der Waals surface area contributed by atoms with Crippen LogP contribution in [0.1, 0.15) is 207 Å². The van der Waals surface area contributed by atoms with Crippen molar-refractivity contribution in [3.8, 4) is 5.75 Å². The SMILES string of the molecule is C.C.CC(=O)N1CCC(C)CC1=O.CC1CC(=O)OC(=O)C1.CC1CCN=C(c2cccnc2)/C1=C/c1ccc(O)cc1.CC1CCN=C(c2cccnc2)C1.CC1CCNC(=O)C1.CC1CCOC(=O)C1.CCOC(=O)CC(C)CCBr.CCOC(=O)CC(C)CCN=[N+]=[N-].F.[2HH].[B].[HH]. The number of nitrogens with one attached hydrogen (secondary N) is 1. The Labute approximate surface area is 596 Å². The molecule has 4 saturated heterocycles. The molecule has 9 rings (SSSR count). The van der Waals surface area contributed by atoms with Crippen LogP contribution in [0.3, 0.4) is 0 Å². The van der Waals surface area contributed by atoms with Gasteiger partial charge in [0.25, 0.3) is 0 Å². The van der Waals surface area contributed by atoms with Crippen molar-refractivity contribution in [1.29, 1.82) is 0 Å². The van der Waals surface area contributed by atoms with Crippen molar-refractivity contribution in [3.63, 3.8) is 0 Å². The van der Waals surface area contributed by atoms with Crippen molar-refractivity contribution in [2.75, 3.05) is 57.9 Å². The molecule has 1 aromatic carbocycles. The molecule has 7 atom stereocenters. The number of pyridine rings is 2. The van der Waals surface area contributed by atoms with E-state index < -0.39 is 11.9 Å². The largest absolute Gasteiger partial charge is 0.508 e. The smallest absolute Gasteiger partial charge is 0.313 e. The van der Waals surface area contributed by atoms with Gasteiger partial charge in [-0.15, -0.1) is 0 Å². The Hall–Kier alpha value is -7.66. The molecule has 22 nitrogen and oxygen atoms in total. The van der Waals surface area contributed by atoms with Crippen molar-refractivity contribution in [2.24, 2.45) is 62.4 Å². The number of allylic oxidation sites excluding steroid dienone is 1. The second-order valence-corrected chi connectivity index (χ2v) is 25.6. The van der Waals surface area contributed by atoms with Gasteiger partial charge in [-0.1, -0.05) is 109 Å². The number of azide groups is 1. The zero-order chi connectivity index (χ0) is 69.8. The molecule has 3 amide bonds. The average Bonchev–Trinajstić information content (AvgIpc) is 0.819. The van der Waals surface area contributed by atoms with Gasteiger partial charge < -0.3 is 29.4 Å².